The molecular formula is C13H23N3O5. The van der Waals surface area contributed by atoms with Crippen LogP contribution in [0, 0.1) is 0 Å². The predicted octanol–water partition coefficient (Wildman–Crippen LogP) is 0.0879. The maximum Gasteiger partial charge on any atom is 0.326 e. The van der Waals surface area contributed by atoms with Gasteiger partial charge in [-0.3, -0.25) is 4.79 Å². The summed E-state index contributed by atoms with van der Waals surface area (Å²) in [4.78, 5) is 35.3. The number of amides is 2. The van der Waals surface area contributed by atoms with Gasteiger partial charge >= 0.3 is 18.0 Å². The summed E-state index contributed by atoms with van der Waals surface area (Å²) in [6, 6.07) is -2.22. The van der Waals surface area contributed by atoms with E-state index in [2.05, 4.69) is 15.5 Å². The molecule has 1 saturated heterocycles. The Hall–Kier alpha value is -1.83. The largest absolute Gasteiger partial charge is 0.481 e. The standard InChI is InChI=1S/C13H23N3O5/c1-9(8-16-5-3-2-4-6-16)14-13(21)15-10(12(19)20)7-11(17)18/h9-10H,2-8H2,1H3,(H,17,18)(H,19,20)(H2,14,15,21)/t9?,10-/m1/s1. The second-order valence-electron chi connectivity index (χ2n) is 5.37. The Balaban J connectivity index is 2.36. The fourth-order valence-electron chi connectivity index (χ4n) is 2.37. The van der Waals surface area contributed by atoms with Gasteiger partial charge in [0.05, 0.1) is 6.42 Å². The minimum atomic E-state index is -1.43. The van der Waals surface area contributed by atoms with Crippen LogP contribution in [0.3, 0.4) is 0 Å². The van der Waals surface area contributed by atoms with Crippen LogP contribution < -0.4 is 10.6 Å². The van der Waals surface area contributed by atoms with Crippen LogP contribution in [0.2, 0.25) is 0 Å². The quantitative estimate of drug-likeness (QED) is 0.529. The summed E-state index contributed by atoms with van der Waals surface area (Å²) < 4.78 is 0. The van der Waals surface area contributed by atoms with Crippen molar-refractivity contribution in [1.82, 2.24) is 15.5 Å². The minimum absolute atomic E-state index is 0.137. The van der Waals surface area contributed by atoms with Gasteiger partial charge in [0.15, 0.2) is 0 Å². The Labute approximate surface area is 123 Å². The van der Waals surface area contributed by atoms with Gasteiger partial charge in [-0.2, -0.15) is 0 Å². The van der Waals surface area contributed by atoms with Crippen LogP contribution in [-0.4, -0.2) is 64.8 Å². The van der Waals surface area contributed by atoms with Gasteiger partial charge in [0, 0.05) is 12.6 Å². The molecule has 0 bridgehead atoms. The van der Waals surface area contributed by atoms with E-state index >= 15 is 0 Å². The van der Waals surface area contributed by atoms with E-state index in [0.717, 1.165) is 25.9 Å². The second-order valence-corrected chi connectivity index (χ2v) is 5.37. The van der Waals surface area contributed by atoms with Crippen LogP contribution in [0.15, 0.2) is 0 Å². The number of hydrogen-bond donors (Lipinski definition) is 4. The normalized spacial score (nSPS) is 18.5. The molecule has 0 spiro atoms. The number of carboxylic acids is 2. The highest BCUT2D eigenvalue weighted by atomic mass is 16.4. The Bertz CT molecular complexity index is 382. The number of hydrogen-bond acceptors (Lipinski definition) is 4. The van der Waals surface area contributed by atoms with Crippen LogP contribution in [0.4, 0.5) is 4.79 Å². The third kappa shape index (κ3) is 6.94. The van der Waals surface area contributed by atoms with Crippen LogP contribution in [-0.2, 0) is 9.59 Å². The first kappa shape index (κ1) is 17.2. The molecule has 0 aromatic heterocycles. The van der Waals surface area contributed by atoms with Crippen LogP contribution in [0.1, 0.15) is 32.6 Å². The molecule has 1 rings (SSSR count). The summed E-state index contributed by atoms with van der Waals surface area (Å²) in [5.41, 5.74) is 0. The molecule has 0 aromatic carbocycles. The third-order valence-electron chi connectivity index (χ3n) is 3.34. The SMILES string of the molecule is CC(CN1CCCCC1)NC(=O)N[C@H](CC(=O)O)C(=O)O. The first-order valence-electron chi connectivity index (χ1n) is 7.12. The molecule has 1 unspecified atom stereocenters. The zero-order chi connectivity index (χ0) is 15.8. The van der Waals surface area contributed by atoms with Gasteiger partial charge in [0.25, 0.3) is 0 Å². The van der Waals surface area contributed by atoms with E-state index < -0.39 is 30.4 Å². The Morgan fingerprint density at radius 1 is 1.10 bits per heavy atom. The molecule has 21 heavy (non-hydrogen) atoms. The Morgan fingerprint density at radius 3 is 2.24 bits per heavy atom. The molecule has 0 radical (unpaired) electrons. The number of piperidine rings is 1. The molecule has 2 atom stereocenters. The lowest BCUT2D eigenvalue weighted by Crippen LogP contribution is -2.51. The number of carbonyl (C=O) groups excluding carboxylic acids is 1. The zero-order valence-corrected chi connectivity index (χ0v) is 12.2. The van der Waals surface area contributed by atoms with Gasteiger partial charge in [-0.15, -0.1) is 0 Å². The monoisotopic (exact) mass is 301 g/mol. The number of carbonyl (C=O) groups is 3. The van der Waals surface area contributed by atoms with E-state index in [1.165, 1.54) is 6.42 Å². The van der Waals surface area contributed by atoms with Crippen molar-refractivity contribution in [2.24, 2.45) is 0 Å². The lowest BCUT2D eigenvalue weighted by molar-refractivity contribution is -0.145. The molecule has 0 aliphatic carbocycles. The number of aliphatic carboxylic acids is 2. The number of rotatable bonds is 7. The molecule has 8 heteroatoms. The van der Waals surface area contributed by atoms with E-state index in [9.17, 15) is 14.4 Å². The van der Waals surface area contributed by atoms with Gasteiger partial charge in [0.2, 0.25) is 0 Å². The average Bonchev–Trinajstić information content (AvgIpc) is 2.38. The molecule has 4 N–H and O–H groups in total. The van der Waals surface area contributed by atoms with Crippen molar-refractivity contribution in [3.63, 3.8) is 0 Å². The number of likely N-dealkylation sites (tertiary alicyclic amines) is 1. The summed E-state index contributed by atoms with van der Waals surface area (Å²) in [7, 11) is 0. The first-order chi connectivity index (χ1) is 9.88. The van der Waals surface area contributed by atoms with Crippen molar-refractivity contribution in [2.75, 3.05) is 19.6 Å². The van der Waals surface area contributed by atoms with Gasteiger partial charge in [0.1, 0.15) is 6.04 Å². The first-order valence-corrected chi connectivity index (χ1v) is 7.12. The predicted molar refractivity (Wildman–Crippen MR) is 75.1 cm³/mol. The molecule has 0 aromatic rings. The number of urea groups is 1. The van der Waals surface area contributed by atoms with E-state index in [4.69, 9.17) is 10.2 Å². The van der Waals surface area contributed by atoms with E-state index in [1.54, 1.807) is 0 Å². The summed E-state index contributed by atoms with van der Waals surface area (Å²) in [6.07, 6.45) is 2.88. The van der Waals surface area contributed by atoms with Gasteiger partial charge in [-0.05, 0) is 32.9 Å². The third-order valence-corrected chi connectivity index (χ3v) is 3.34. The van der Waals surface area contributed by atoms with Crippen molar-refractivity contribution in [2.45, 2.75) is 44.7 Å². The van der Waals surface area contributed by atoms with Crippen LogP contribution in [0.5, 0.6) is 0 Å². The van der Waals surface area contributed by atoms with Crippen molar-refractivity contribution >= 4 is 18.0 Å². The molecule has 1 fully saturated rings. The Morgan fingerprint density at radius 2 is 1.71 bits per heavy atom. The van der Waals surface area contributed by atoms with Crippen LogP contribution in [0.25, 0.3) is 0 Å². The lowest BCUT2D eigenvalue weighted by atomic mass is 10.1. The number of nitrogens with zero attached hydrogens (tertiary/aromatic N) is 1. The molecule has 1 aliphatic rings. The number of carboxylic acid groups (broad SMARTS) is 2. The minimum Gasteiger partial charge on any atom is -0.481 e. The maximum absolute atomic E-state index is 11.7. The summed E-state index contributed by atoms with van der Waals surface area (Å²) in [6.45, 7) is 4.54. The molecule has 1 heterocycles. The van der Waals surface area contributed by atoms with Crippen molar-refractivity contribution in [3.05, 3.63) is 0 Å². The van der Waals surface area contributed by atoms with Gasteiger partial charge in [-0.1, -0.05) is 6.42 Å². The molecule has 8 nitrogen and oxygen atoms in total. The molecule has 2 amide bonds. The molecule has 0 saturated carbocycles. The summed E-state index contributed by atoms with van der Waals surface area (Å²) in [5.74, 6) is -2.64. The fourth-order valence-corrected chi connectivity index (χ4v) is 2.37. The Kier molecular flexibility index (Phi) is 6.93. The van der Waals surface area contributed by atoms with E-state index in [0.29, 0.717) is 6.54 Å². The van der Waals surface area contributed by atoms with Crippen LogP contribution >= 0.6 is 0 Å². The zero-order valence-electron chi connectivity index (χ0n) is 12.2. The average molecular weight is 301 g/mol. The highest BCUT2D eigenvalue weighted by Crippen LogP contribution is 2.08. The van der Waals surface area contributed by atoms with Gasteiger partial charge in [-0.25, -0.2) is 9.59 Å². The molecular weight excluding hydrogens is 278 g/mol. The smallest absolute Gasteiger partial charge is 0.326 e. The summed E-state index contributed by atoms with van der Waals surface area (Å²) in [5, 5.41) is 22.3. The lowest BCUT2D eigenvalue weighted by Gasteiger charge is -2.29. The topological polar surface area (TPSA) is 119 Å². The highest BCUT2D eigenvalue weighted by molar-refractivity contribution is 5.86. The van der Waals surface area contributed by atoms with Gasteiger partial charge < -0.3 is 25.7 Å². The van der Waals surface area contributed by atoms with Crippen molar-refractivity contribution < 1.29 is 24.6 Å². The van der Waals surface area contributed by atoms with Crippen molar-refractivity contribution in [1.29, 1.82) is 0 Å². The highest BCUT2D eigenvalue weighted by Gasteiger charge is 2.24. The molecule has 120 valence electrons. The second kappa shape index (κ2) is 8.46. The maximum atomic E-state index is 11.7. The molecule has 1 aliphatic heterocycles. The summed E-state index contributed by atoms with van der Waals surface area (Å²) >= 11 is 0. The number of nitrogens with one attached hydrogen (secondary N) is 2. The van der Waals surface area contributed by atoms with Crippen molar-refractivity contribution in [3.8, 4) is 0 Å². The van der Waals surface area contributed by atoms with E-state index in [1.807, 2.05) is 6.92 Å². The fraction of sp³-hybridized carbons (Fsp3) is 0.769. The van der Waals surface area contributed by atoms with E-state index in [-0.39, 0.29) is 6.04 Å².